The monoisotopic (exact) mass is 1240 g/mol. The van der Waals surface area contributed by atoms with Crippen molar-refractivity contribution in [2.45, 2.75) is 331 Å². The van der Waals surface area contributed by atoms with Gasteiger partial charge in [0.15, 0.2) is 12.2 Å². The van der Waals surface area contributed by atoms with Gasteiger partial charge >= 0.3 is 39.5 Å². The van der Waals surface area contributed by atoms with Crippen LogP contribution in [0.2, 0.25) is 0 Å². The molecule has 19 heteroatoms. The molecule has 17 nitrogen and oxygen atoms in total. The molecule has 0 rings (SSSR count). The van der Waals surface area contributed by atoms with Crippen molar-refractivity contribution in [3.05, 3.63) is 0 Å². The zero-order chi connectivity index (χ0) is 62.5. The molecule has 3 N–H and O–H groups in total. The Bertz CT molecular complexity index is 1680. The Morgan fingerprint density at radius 1 is 0.298 bits per heavy atom. The van der Waals surface area contributed by atoms with Crippen LogP contribution in [0.4, 0.5) is 0 Å². The molecule has 0 heterocycles. The topological polar surface area (TPSA) is 237 Å². The van der Waals surface area contributed by atoms with Crippen molar-refractivity contribution in [2.75, 3.05) is 39.6 Å². The summed E-state index contributed by atoms with van der Waals surface area (Å²) in [5, 5.41) is 10.5. The summed E-state index contributed by atoms with van der Waals surface area (Å²) >= 11 is 0. The van der Waals surface area contributed by atoms with E-state index in [1.54, 1.807) is 0 Å². The summed E-state index contributed by atoms with van der Waals surface area (Å²) in [4.78, 5) is 72.2. The summed E-state index contributed by atoms with van der Waals surface area (Å²) in [6, 6.07) is 0. The molecular weight excluding hydrogens is 1110 g/mol. The number of esters is 4. The van der Waals surface area contributed by atoms with Crippen LogP contribution in [0, 0.1) is 23.7 Å². The second kappa shape index (κ2) is 55.2. The lowest BCUT2D eigenvalue weighted by molar-refractivity contribution is -0.161. The van der Waals surface area contributed by atoms with E-state index in [9.17, 15) is 43.2 Å². The fraction of sp³-hybridized carbons (Fsp3) is 0.938. The molecule has 0 aromatic rings. The van der Waals surface area contributed by atoms with Gasteiger partial charge in [0.05, 0.1) is 26.4 Å². The molecule has 0 aliphatic carbocycles. The number of unbranched alkanes of at least 4 members (excludes halogenated alkanes) is 28. The van der Waals surface area contributed by atoms with E-state index in [0.29, 0.717) is 31.6 Å². The smallest absolute Gasteiger partial charge is 0.462 e. The summed E-state index contributed by atoms with van der Waals surface area (Å²) in [5.74, 6) is 0.736. The third-order valence-electron chi connectivity index (χ3n) is 14.8. The summed E-state index contributed by atoms with van der Waals surface area (Å²) in [6.07, 6.45) is 35.0. The molecule has 498 valence electrons. The number of phosphoric acid groups is 2. The van der Waals surface area contributed by atoms with Gasteiger partial charge in [-0.05, 0) is 49.4 Å². The van der Waals surface area contributed by atoms with E-state index in [1.807, 2.05) is 0 Å². The van der Waals surface area contributed by atoms with Gasteiger partial charge in [-0.25, -0.2) is 9.13 Å². The summed E-state index contributed by atoms with van der Waals surface area (Å²) in [7, 11) is -9.89. The molecule has 0 fully saturated rings. The standard InChI is InChI=1S/C65H126O17P2/c1-55(2)41-33-25-17-11-9-10-12-21-31-39-47-64(69)81-60(51-75-62(67)45-37-29-20-15-13-18-26-34-42-56(3)4)53-79-83(71,72)77-49-59(66)50-78-84(73,74)80-54-61(52-76-63(68)46-38-30-24-23-28-36-44-58(7)8)82-65(70)48-40-32-22-16-14-19-27-35-43-57(5)6/h55-61,66H,9-54H2,1-8H3,(H,71,72)(H,73,74)/t59-,60-,61-/m1/s1. The molecule has 0 aromatic carbocycles. The first-order valence-corrected chi connectivity index (χ1v) is 36.7. The lowest BCUT2D eigenvalue weighted by Gasteiger charge is -2.21. The summed E-state index contributed by atoms with van der Waals surface area (Å²) in [6.45, 7) is 13.9. The van der Waals surface area contributed by atoms with Gasteiger partial charge in [0.1, 0.15) is 19.3 Å². The quantitative estimate of drug-likeness (QED) is 0.0222. The second-order valence-electron chi connectivity index (χ2n) is 25.4. The molecule has 2 unspecified atom stereocenters. The van der Waals surface area contributed by atoms with Gasteiger partial charge < -0.3 is 33.8 Å². The highest BCUT2D eigenvalue weighted by Gasteiger charge is 2.30. The molecule has 84 heavy (non-hydrogen) atoms. The van der Waals surface area contributed by atoms with Gasteiger partial charge in [-0.15, -0.1) is 0 Å². The van der Waals surface area contributed by atoms with E-state index in [-0.39, 0.29) is 25.7 Å². The molecule has 0 radical (unpaired) electrons. The average molecular weight is 1240 g/mol. The largest absolute Gasteiger partial charge is 0.472 e. The SMILES string of the molecule is CC(C)CCCCCCCCCCCCC(=O)O[C@H](COC(=O)CCCCCCCCCCC(C)C)COP(=O)(O)OC[C@@H](O)COP(=O)(O)OC[C@@H](COC(=O)CCCCCCCCC(C)C)OC(=O)CCCCCCCCCCC(C)C. The van der Waals surface area contributed by atoms with Crippen LogP contribution in [0.5, 0.6) is 0 Å². The zero-order valence-corrected chi connectivity index (χ0v) is 56.3. The van der Waals surface area contributed by atoms with Crippen molar-refractivity contribution < 1.29 is 80.2 Å². The molecule has 0 bridgehead atoms. The Morgan fingerprint density at radius 3 is 0.738 bits per heavy atom. The van der Waals surface area contributed by atoms with E-state index >= 15 is 0 Å². The summed E-state index contributed by atoms with van der Waals surface area (Å²) < 4.78 is 68.0. The number of aliphatic hydroxyl groups is 1. The van der Waals surface area contributed by atoms with Crippen LogP contribution in [0.15, 0.2) is 0 Å². The Kier molecular flexibility index (Phi) is 53.9. The van der Waals surface area contributed by atoms with Crippen molar-refractivity contribution in [3.63, 3.8) is 0 Å². The Balaban J connectivity index is 5.25. The van der Waals surface area contributed by atoms with Crippen LogP contribution < -0.4 is 0 Å². The molecular formula is C65H126O17P2. The van der Waals surface area contributed by atoms with E-state index in [0.717, 1.165) is 114 Å². The van der Waals surface area contributed by atoms with Crippen LogP contribution in [-0.2, 0) is 65.4 Å². The number of rotatable bonds is 62. The fourth-order valence-corrected chi connectivity index (χ4v) is 11.2. The number of ether oxygens (including phenoxy) is 4. The first-order valence-electron chi connectivity index (χ1n) is 33.7. The Hall–Kier alpha value is -1.94. The molecule has 5 atom stereocenters. The maximum Gasteiger partial charge on any atom is 0.472 e. The number of aliphatic hydroxyl groups excluding tert-OH is 1. The van der Waals surface area contributed by atoms with Crippen molar-refractivity contribution in [1.82, 2.24) is 0 Å². The lowest BCUT2D eigenvalue weighted by atomic mass is 10.0. The molecule has 0 spiro atoms. The lowest BCUT2D eigenvalue weighted by Crippen LogP contribution is -2.30. The Morgan fingerprint density at radius 2 is 0.500 bits per heavy atom. The molecule has 0 amide bonds. The molecule has 0 aromatic heterocycles. The first-order chi connectivity index (χ1) is 40.1. The van der Waals surface area contributed by atoms with Gasteiger partial charge in [0, 0.05) is 25.7 Å². The predicted molar refractivity (Wildman–Crippen MR) is 335 cm³/mol. The van der Waals surface area contributed by atoms with E-state index in [1.165, 1.54) is 109 Å². The van der Waals surface area contributed by atoms with E-state index in [4.69, 9.17) is 37.0 Å². The highest BCUT2D eigenvalue weighted by Crippen LogP contribution is 2.45. The van der Waals surface area contributed by atoms with Crippen LogP contribution in [0.25, 0.3) is 0 Å². The highest BCUT2D eigenvalue weighted by atomic mass is 31.2. The number of carbonyl (C=O) groups is 4. The third-order valence-corrected chi connectivity index (χ3v) is 16.7. The predicted octanol–water partition coefficient (Wildman–Crippen LogP) is 17.8. The van der Waals surface area contributed by atoms with Crippen LogP contribution in [0.1, 0.15) is 312 Å². The van der Waals surface area contributed by atoms with Gasteiger partial charge in [0.2, 0.25) is 0 Å². The molecule has 0 saturated heterocycles. The number of hydrogen-bond donors (Lipinski definition) is 3. The zero-order valence-electron chi connectivity index (χ0n) is 54.5. The van der Waals surface area contributed by atoms with Crippen molar-refractivity contribution in [3.8, 4) is 0 Å². The normalized spacial score (nSPS) is 14.4. The maximum atomic E-state index is 13.0. The minimum absolute atomic E-state index is 0.103. The van der Waals surface area contributed by atoms with Crippen molar-refractivity contribution >= 4 is 39.5 Å². The van der Waals surface area contributed by atoms with Gasteiger partial charge in [0.25, 0.3) is 0 Å². The number of hydrogen-bond acceptors (Lipinski definition) is 15. The highest BCUT2D eigenvalue weighted by molar-refractivity contribution is 7.47. The average Bonchev–Trinajstić information content (AvgIpc) is 3.47. The molecule has 0 aliphatic heterocycles. The Labute approximate surface area is 511 Å². The van der Waals surface area contributed by atoms with Crippen LogP contribution in [-0.4, -0.2) is 96.7 Å². The van der Waals surface area contributed by atoms with E-state index < -0.39 is 97.5 Å². The number of carbonyl (C=O) groups excluding carboxylic acids is 4. The third kappa shape index (κ3) is 59.0. The fourth-order valence-electron chi connectivity index (χ4n) is 9.61. The minimum atomic E-state index is -4.95. The van der Waals surface area contributed by atoms with Crippen molar-refractivity contribution in [2.24, 2.45) is 23.7 Å². The first kappa shape index (κ1) is 82.1. The van der Waals surface area contributed by atoms with Crippen LogP contribution >= 0.6 is 15.6 Å². The van der Waals surface area contributed by atoms with Gasteiger partial charge in [-0.1, -0.05) is 261 Å². The molecule has 0 saturated carbocycles. The minimum Gasteiger partial charge on any atom is -0.462 e. The van der Waals surface area contributed by atoms with Gasteiger partial charge in [-0.3, -0.25) is 37.3 Å². The number of phosphoric ester groups is 2. The maximum absolute atomic E-state index is 13.0. The second-order valence-corrected chi connectivity index (χ2v) is 28.3. The molecule has 0 aliphatic rings. The van der Waals surface area contributed by atoms with Crippen molar-refractivity contribution in [1.29, 1.82) is 0 Å². The summed E-state index contributed by atoms with van der Waals surface area (Å²) in [5.41, 5.74) is 0. The van der Waals surface area contributed by atoms with Gasteiger partial charge in [-0.2, -0.15) is 0 Å². The van der Waals surface area contributed by atoms with E-state index in [2.05, 4.69) is 55.4 Å². The van der Waals surface area contributed by atoms with Crippen LogP contribution in [0.3, 0.4) is 0 Å².